The number of benzene rings is 1. The SMILES string of the molecule is C[C@@H](CC(=O)OCC(=O)c1ccc[nH]1)c1ccccc1. The smallest absolute Gasteiger partial charge is 0.306 e. The maximum absolute atomic E-state index is 11.7. The molecular formula is C16H17NO3. The topological polar surface area (TPSA) is 59.2 Å². The van der Waals surface area contributed by atoms with Gasteiger partial charge in [-0.1, -0.05) is 37.3 Å². The van der Waals surface area contributed by atoms with Gasteiger partial charge in [-0.25, -0.2) is 0 Å². The molecule has 1 N–H and O–H groups in total. The van der Waals surface area contributed by atoms with Crippen molar-refractivity contribution in [2.75, 3.05) is 6.61 Å². The second-order valence-corrected chi connectivity index (χ2v) is 4.68. The Hall–Kier alpha value is -2.36. The van der Waals surface area contributed by atoms with Crippen LogP contribution in [0, 0.1) is 0 Å². The van der Waals surface area contributed by atoms with Crippen LogP contribution in [0.5, 0.6) is 0 Å². The highest BCUT2D eigenvalue weighted by molar-refractivity contribution is 5.96. The van der Waals surface area contributed by atoms with E-state index in [4.69, 9.17) is 4.74 Å². The summed E-state index contributed by atoms with van der Waals surface area (Å²) in [6.45, 7) is 1.74. The fraction of sp³-hybridized carbons (Fsp3) is 0.250. The van der Waals surface area contributed by atoms with Gasteiger partial charge in [0.25, 0.3) is 0 Å². The van der Waals surface area contributed by atoms with Crippen molar-refractivity contribution in [1.82, 2.24) is 4.98 Å². The van der Waals surface area contributed by atoms with Crippen LogP contribution in [0.2, 0.25) is 0 Å². The number of H-pyrrole nitrogens is 1. The number of ether oxygens (including phenoxy) is 1. The van der Waals surface area contributed by atoms with Gasteiger partial charge in [-0.3, -0.25) is 9.59 Å². The number of rotatable bonds is 6. The summed E-state index contributed by atoms with van der Waals surface area (Å²) in [4.78, 5) is 26.2. The summed E-state index contributed by atoms with van der Waals surface area (Å²) in [5.41, 5.74) is 1.54. The maximum atomic E-state index is 11.7. The second kappa shape index (κ2) is 6.70. The van der Waals surface area contributed by atoms with Crippen molar-refractivity contribution < 1.29 is 14.3 Å². The van der Waals surface area contributed by atoms with Gasteiger partial charge in [-0.2, -0.15) is 0 Å². The molecule has 20 heavy (non-hydrogen) atoms. The van der Waals surface area contributed by atoms with E-state index in [-0.39, 0.29) is 30.7 Å². The lowest BCUT2D eigenvalue weighted by atomic mass is 9.98. The molecule has 1 aromatic heterocycles. The zero-order valence-corrected chi connectivity index (χ0v) is 11.3. The first-order valence-electron chi connectivity index (χ1n) is 6.54. The number of carbonyl (C=O) groups excluding carboxylic acids is 2. The standard InChI is InChI=1S/C16H17NO3/c1-12(13-6-3-2-4-7-13)10-16(19)20-11-15(18)14-8-5-9-17-14/h2-9,12,17H,10-11H2,1H3/t12-/m0/s1. The average Bonchev–Trinajstić information content (AvgIpc) is 3.00. The molecule has 1 heterocycles. The molecule has 1 aromatic carbocycles. The highest BCUT2D eigenvalue weighted by Gasteiger charge is 2.14. The van der Waals surface area contributed by atoms with E-state index in [0.29, 0.717) is 5.69 Å². The molecule has 0 amide bonds. The maximum Gasteiger partial charge on any atom is 0.306 e. The predicted molar refractivity (Wildman–Crippen MR) is 75.6 cm³/mol. The molecular weight excluding hydrogens is 254 g/mol. The third-order valence-corrected chi connectivity index (χ3v) is 3.10. The summed E-state index contributed by atoms with van der Waals surface area (Å²) in [6, 6.07) is 13.1. The molecule has 0 aliphatic heterocycles. The molecule has 2 rings (SSSR count). The van der Waals surface area contributed by atoms with Gasteiger partial charge in [0, 0.05) is 6.20 Å². The van der Waals surface area contributed by atoms with Crippen molar-refractivity contribution in [3.8, 4) is 0 Å². The average molecular weight is 271 g/mol. The van der Waals surface area contributed by atoms with Gasteiger partial charge < -0.3 is 9.72 Å². The number of aromatic nitrogens is 1. The highest BCUT2D eigenvalue weighted by Crippen LogP contribution is 2.18. The molecule has 0 aliphatic rings. The van der Waals surface area contributed by atoms with Crippen LogP contribution in [0.1, 0.15) is 35.3 Å². The van der Waals surface area contributed by atoms with Crippen LogP contribution >= 0.6 is 0 Å². The van der Waals surface area contributed by atoms with Crippen molar-refractivity contribution in [3.05, 3.63) is 59.9 Å². The summed E-state index contributed by atoms with van der Waals surface area (Å²) in [7, 11) is 0. The van der Waals surface area contributed by atoms with E-state index in [1.807, 2.05) is 37.3 Å². The highest BCUT2D eigenvalue weighted by atomic mass is 16.5. The molecule has 0 aliphatic carbocycles. The number of Topliss-reactive ketones (excluding diaryl/α,β-unsaturated/α-hetero) is 1. The molecule has 0 unspecified atom stereocenters. The summed E-state index contributed by atoms with van der Waals surface area (Å²) >= 11 is 0. The van der Waals surface area contributed by atoms with Crippen LogP contribution in [0.15, 0.2) is 48.7 Å². The Morgan fingerprint density at radius 1 is 1.15 bits per heavy atom. The number of nitrogens with one attached hydrogen (secondary N) is 1. The molecule has 4 heteroatoms. The minimum absolute atomic E-state index is 0.0734. The summed E-state index contributed by atoms with van der Waals surface area (Å²) in [6.07, 6.45) is 1.93. The third kappa shape index (κ3) is 3.82. The first-order chi connectivity index (χ1) is 9.66. The van der Waals surface area contributed by atoms with E-state index >= 15 is 0 Å². The fourth-order valence-electron chi connectivity index (χ4n) is 1.94. The number of carbonyl (C=O) groups is 2. The number of hydrogen-bond acceptors (Lipinski definition) is 3. The van der Waals surface area contributed by atoms with Crippen molar-refractivity contribution in [1.29, 1.82) is 0 Å². The Balaban J connectivity index is 1.80. The number of hydrogen-bond donors (Lipinski definition) is 1. The zero-order chi connectivity index (χ0) is 14.4. The molecule has 0 radical (unpaired) electrons. The summed E-state index contributed by atoms with van der Waals surface area (Å²) in [5.74, 6) is -0.513. The van der Waals surface area contributed by atoms with E-state index in [1.165, 1.54) is 0 Å². The first-order valence-corrected chi connectivity index (χ1v) is 6.54. The summed E-state index contributed by atoms with van der Waals surface area (Å²) < 4.78 is 5.01. The minimum atomic E-state index is -0.360. The van der Waals surface area contributed by atoms with E-state index in [1.54, 1.807) is 18.3 Å². The Morgan fingerprint density at radius 3 is 2.55 bits per heavy atom. The quantitative estimate of drug-likeness (QED) is 0.649. The lowest BCUT2D eigenvalue weighted by Gasteiger charge is -2.11. The largest absolute Gasteiger partial charge is 0.457 e. The Kier molecular flexibility index (Phi) is 4.71. The molecule has 0 fully saturated rings. The predicted octanol–water partition coefficient (Wildman–Crippen LogP) is 2.93. The first kappa shape index (κ1) is 14.1. The van der Waals surface area contributed by atoms with Gasteiger partial charge in [-0.05, 0) is 23.6 Å². The molecule has 4 nitrogen and oxygen atoms in total. The molecule has 104 valence electrons. The Labute approximate surface area is 117 Å². The molecule has 2 aromatic rings. The molecule has 0 bridgehead atoms. The van der Waals surface area contributed by atoms with E-state index in [2.05, 4.69) is 4.98 Å². The van der Waals surface area contributed by atoms with E-state index in [0.717, 1.165) is 5.56 Å². The van der Waals surface area contributed by atoms with Gasteiger partial charge in [0.1, 0.15) is 0 Å². The fourth-order valence-corrected chi connectivity index (χ4v) is 1.94. The lowest BCUT2D eigenvalue weighted by Crippen LogP contribution is -2.15. The van der Waals surface area contributed by atoms with Crippen LogP contribution in [-0.2, 0) is 9.53 Å². The number of esters is 1. The van der Waals surface area contributed by atoms with Crippen LogP contribution in [0.25, 0.3) is 0 Å². The van der Waals surface area contributed by atoms with Crippen molar-refractivity contribution in [3.63, 3.8) is 0 Å². The van der Waals surface area contributed by atoms with Crippen molar-refractivity contribution in [2.24, 2.45) is 0 Å². The zero-order valence-electron chi connectivity index (χ0n) is 11.3. The number of aromatic amines is 1. The lowest BCUT2D eigenvalue weighted by molar-refractivity contribution is -0.142. The van der Waals surface area contributed by atoms with Crippen LogP contribution in [0.4, 0.5) is 0 Å². The summed E-state index contributed by atoms with van der Waals surface area (Å²) in [5, 5.41) is 0. The van der Waals surface area contributed by atoms with Crippen molar-refractivity contribution in [2.45, 2.75) is 19.3 Å². The van der Waals surface area contributed by atoms with Crippen LogP contribution in [-0.4, -0.2) is 23.3 Å². The molecule has 0 spiro atoms. The Bertz CT molecular complexity index is 561. The second-order valence-electron chi connectivity index (χ2n) is 4.68. The van der Waals surface area contributed by atoms with Crippen molar-refractivity contribution >= 4 is 11.8 Å². The van der Waals surface area contributed by atoms with Crippen LogP contribution < -0.4 is 0 Å². The molecule has 0 saturated heterocycles. The molecule has 1 atom stereocenters. The Morgan fingerprint density at radius 2 is 1.90 bits per heavy atom. The minimum Gasteiger partial charge on any atom is -0.457 e. The van der Waals surface area contributed by atoms with Gasteiger partial charge in [-0.15, -0.1) is 0 Å². The third-order valence-electron chi connectivity index (χ3n) is 3.10. The number of ketones is 1. The van der Waals surface area contributed by atoms with Gasteiger partial charge in [0.2, 0.25) is 5.78 Å². The van der Waals surface area contributed by atoms with E-state index < -0.39 is 0 Å². The van der Waals surface area contributed by atoms with Gasteiger partial charge in [0.15, 0.2) is 6.61 Å². The van der Waals surface area contributed by atoms with Crippen LogP contribution in [0.3, 0.4) is 0 Å². The monoisotopic (exact) mass is 271 g/mol. The van der Waals surface area contributed by atoms with Gasteiger partial charge in [0.05, 0.1) is 12.1 Å². The van der Waals surface area contributed by atoms with E-state index in [9.17, 15) is 9.59 Å². The van der Waals surface area contributed by atoms with Gasteiger partial charge >= 0.3 is 5.97 Å². The molecule has 0 saturated carbocycles. The normalized spacial score (nSPS) is 11.8.